The number of rotatable bonds is 3. The topological polar surface area (TPSA) is 193 Å². The molecule has 1 aromatic rings. The average Bonchev–Trinajstić information content (AvgIpc) is 3.41. The summed E-state index contributed by atoms with van der Waals surface area (Å²) in [5, 5.41) is 83.9. The number of aliphatic hydroxyl groups excluding tert-OH is 2. The zero-order valence-corrected chi connectivity index (χ0v) is 20.0. The Labute approximate surface area is 201 Å². The Kier molecular flexibility index (Phi) is 4.04. The highest BCUT2D eigenvalue weighted by molar-refractivity contribution is 5.87. The highest BCUT2D eigenvalue weighted by Gasteiger charge is 3.10. The lowest BCUT2D eigenvalue weighted by Crippen LogP contribution is -2.76. The molecule has 0 unspecified atom stereocenters. The van der Waals surface area contributed by atoms with Gasteiger partial charge in [-0.25, -0.2) is 4.79 Å². The second-order valence-electron chi connectivity index (χ2n) is 12.0. The van der Waals surface area contributed by atoms with E-state index < -0.39 is 81.2 Å². The number of hydrogen-bond donors (Lipinski definition) is 8. The molecular weight excluding hydrogens is 462 g/mol. The molecule has 0 amide bonds. The molecule has 11 atom stereocenters. The van der Waals surface area contributed by atoms with Crippen LogP contribution in [0.4, 0.5) is 0 Å². The van der Waals surface area contributed by atoms with E-state index in [1.807, 2.05) is 0 Å². The summed E-state index contributed by atoms with van der Waals surface area (Å²) in [6.45, 7) is 5.91. The van der Waals surface area contributed by atoms with E-state index in [1.165, 1.54) is 26.1 Å². The highest BCUT2D eigenvalue weighted by Crippen LogP contribution is 2.90. The Morgan fingerprint density at radius 3 is 2.40 bits per heavy atom. The molecule has 194 valence electrons. The van der Waals surface area contributed by atoms with Crippen LogP contribution >= 0.6 is 0 Å². The SMILES string of the molecule is CC(C)[C@@]1(O)[C@@H](OC(=O)c2ccc[nH]2)[C@@]2(O)[C@@]3(C)C[C@]4(O)O[C@@]5([C@H](O)[C@H](O)CC[C@]35O)[C@@]2(O)[C@]14C. The van der Waals surface area contributed by atoms with Crippen LogP contribution in [0.5, 0.6) is 0 Å². The first kappa shape index (κ1) is 23.8. The molecule has 11 heteroatoms. The van der Waals surface area contributed by atoms with Crippen molar-refractivity contribution in [2.24, 2.45) is 16.7 Å². The van der Waals surface area contributed by atoms with Crippen LogP contribution in [0.3, 0.4) is 0 Å². The number of aliphatic hydroxyl groups is 7. The van der Waals surface area contributed by atoms with Gasteiger partial charge in [0.25, 0.3) is 0 Å². The third kappa shape index (κ3) is 1.74. The predicted molar refractivity (Wildman–Crippen MR) is 115 cm³/mol. The summed E-state index contributed by atoms with van der Waals surface area (Å²) in [5.41, 5.74) is -16.2. The van der Waals surface area contributed by atoms with E-state index >= 15 is 0 Å². The molecule has 6 bridgehead atoms. The summed E-state index contributed by atoms with van der Waals surface area (Å²) in [6, 6.07) is 3.00. The first-order chi connectivity index (χ1) is 16.0. The van der Waals surface area contributed by atoms with Gasteiger partial charge in [0, 0.05) is 18.0 Å². The molecule has 3 heterocycles. The fourth-order valence-electron chi connectivity index (χ4n) is 9.35. The lowest BCUT2D eigenvalue weighted by Gasteiger charge is -2.60. The number of esters is 1. The van der Waals surface area contributed by atoms with Crippen molar-refractivity contribution in [2.45, 2.75) is 99.1 Å². The maximum absolute atomic E-state index is 13.1. The van der Waals surface area contributed by atoms with Gasteiger partial charge in [-0.15, -0.1) is 0 Å². The summed E-state index contributed by atoms with van der Waals surface area (Å²) in [5.74, 6) is -4.11. The quantitative estimate of drug-likeness (QED) is 0.230. The predicted octanol–water partition coefficient (Wildman–Crippen LogP) is -1.46. The molecule has 11 nitrogen and oxygen atoms in total. The van der Waals surface area contributed by atoms with Crippen LogP contribution in [-0.2, 0) is 9.47 Å². The van der Waals surface area contributed by atoms with E-state index in [0.29, 0.717) is 0 Å². The van der Waals surface area contributed by atoms with Gasteiger partial charge < -0.3 is 50.2 Å². The zero-order chi connectivity index (χ0) is 25.8. The van der Waals surface area contributed by atoms with Crippen LogP contribution in [0, 0.1) is 16.7 Å². The van der Waals surface area contributed by atoms with E-state index in [9.17, 15) is 40.5 Å². The number of aromatic amines is 1. The van der Waals surface area contributed by atoms with Crippen LogP contribution < -0.4 is 0 Å². The van der Waals surface area contributed by atoms with E-state index in [2.05, 4.69) is 4.98 Å². The Hall–Kier alpha value is -1.57. The Bertz CT molecular complexity index is 1130. The molecule has 6 aliphatic rings. The molecule has 0 aromatic carbocycles. The van der Waals surface area contributed by atoms with E-state index in [-0.39, 0.29) is 18.5 Å². The molecule has 8 N–H and O–H groups in total. The van der Waals surface area contributed by atoms with Gasteiger partial charge in [0.05, 0.1) is 11.5 Å². The Morgan fingerprint density at radius 2 is 1.83 bits per heavy atom. The van der Waals surface area contributed by atoms with Crippen LogP contribution in [0.1, 0.15) is 57.4 Å². The van der Waals surface area contributed by atoms with Gasteiger partial charge in [-0.3, -0.25) is 0 Å². The monoisotopic (exact) mass is 495 g/mol. The standard InChI is InChI=1S/C24H33NO10/c1-11(2)21(31)16(34-15(28)12-6-5-9-25-12)22(32)17(3)10-20(30)18(21,4)24(22,33)23(35-20)14(27)13(26)7-8-19(17,23)29/h5-6,9,11,13-14,16,25-27,29-33H,7-8,10H2,1-4H3/t13-,14-,16-,17+,18+,19+,20+,21-,22-,23-,24-/m1/s1. The molecule has 4 aliphatic carbocycles. The number of carbonyl (C=O) groups is 1. The molecule has 0 radical (unpaired) electrons. The third-order valence-electron chi connectivity index (χ3n) is 11.0. The number of hydrogen-bond acceptors (Lipinski definition) is 10. The summed E-state index contributed by atoms with van der Waals surface area (Å²) < 4.78 is 11.8. The van der Waals surface area contributed by atoms with Gasteiger partial charge in [-0.05, 0) is 37.8 Å². The van der Waals surface area contributed by atoms with Crippen molar-refractivity contribution in [3.05, 3.63) is 24.0 Å². The molecule has 1 aromatic heterocycles. The molecule has 1 spiro atoms. The minimum atomic E-state index is -2.75. The fraction of sp³-hybridized carbons (Fsp3) is 0.792. The van der Waals surface area contributed by atoms with Crippen molar-refractivity contribution in [2.75, 3.05) is 0 Å². The van der Waals surface area contributed by atoms with Crippen LogP contribution in [-0.4, -0.2) is 98.8 Å². The largest absolute Gasteiger partial charge is 0.451 e. The van der Waals surface area contributed by atoms with E-state index in [1.54, 1.807) is 19.9 Å². The Balaban J connectivity index is 1.69. The summed E-state index contributed by atoms with van der Waals surface area (Å²) in [7, 11) is 0. The van der Waals surface area contributed by atoms with Crippen molar-refractivity contribution < 1.29 is 50.0 Å². The second kappa shape index (κ2) is 5.94. The van der Waals surface area contributed by atoms with Gasteiger partial charge in [-0.1, -0.05) is 20.8 Å². The maximum Gasteiger partial charge on any atom is 0.355 e. The van der Waals surface area contributed by atoms with Crippen molar-refractivity contribution in [1.82, 2.24) is 4.98 Å². The minimum absolute atomic E-state index is 0.0284. The number of ether oxygens (including phenoxy) is 2. The smallest absolute Gasteiger partial charge is 0.355 e. The fourth-order valence-corrected chi connectivity index (χ4v) is 9.35. The molecular formula is C24H33NO10. The zero-order valence-electron chi connectivity index (χ0n) is 20.0. The number of H-pyrrole nitrogens is 1. The van der Waals surface area contributed by atoms with Crippen molar-refractivity contribution in [3.63, 3.8) is 0 Å². The lowest BCUT2D eigenvalue weighted by atomic mass is 9.52. The molecule has 2 saturated heterocycles. The number of aromatic nitrogens is 1. The second-order valence-corrected chi connectivity index (χ2v) is 12.0. The van der Waals surface area contributed by atoms with Gasteiger partial charge in [-0.2, -0.15) is 0 Å². The van der Waals surface area contributed by atoms with Gasteiger partial charge in [0.1, 0.15) is 34.2 Å². The lowest BCUT2D eigenvalue weighted by molar-refractivity contribution is -0.392. The van der Waals surface area contributed by atoms with Gasteiger partial charge in [0.15, 0.2) is 17.5 Å². The minimum Gasteiger partial charge on any atom is -0.451 e. The molecule has 35 heavy (non-hydrogen) atoms. The highest BCUT2D eigenvalue weighted by atomic mass is 16.7. The van der Waals surface area contributed by atoms with Gasteiger partial charge >= 0.3 is 5.97 Å². The van der Waals surface area contributed by atoms with E-state index in [0.717, 1.165) is 0 Å². The normalized spacial score (nSPS) is 59.8. The van der Waals surface area contributed by atoms with Gasteiger partial charge in [0.2, 0.25) is 0 Å². The molecule has 4 saturated carbocycles. The summed E-state index contributed by atoms with van der Waals surface area (Å²) in [4.78, 5) is 15.8. The number of carbonyl (C=O) groups excluding carboxylic acids is 1. The van der Waals surface area contributed by atoms with Crippen molar-refractivity contribution in [1.29, 1.82) is 0 Å². The van der Waals surface area contributed by atoms with E-state index in [4.69, 9.17) is 9.47 Å². The van der Waals surface area contributed by atoms with Crippen LogP contribution in [0.2, 0.25) is 0 Å². The average molecular weight is 496 g/mol. The van der Waals surface area contributed by atoms with Crippen molar-refractivity contribution >= 4 is 5.97 Å². The van der Waals surface area contributed by atoms with Crippen LogP contribution in [0.25, 0.3) is 0 Å². The molecule has 2 aliphatic heterocycles. The Morgan fingerprint density at radius 1 is 1.17 bits per heavy atom. The first-order valence-electron chi connectivity index (χ1n) is 12.0. The van der Waals surface area contributed by atoms with Crippen LogP contribution in [0.15, 0.2) is 18.3 Å². The molecule has 6 fully saturated rings. The third-order valence-corrected chi connectivity index (χ3v) is 11.0. The molecule has 7 rings (SSSR count). The maximum atomic E-state index is 13.1. The first-order valence-corrected chi connectivity index (χ1v) is 12.0. The summed E-state index contributed by atoms with van der Waals surface area (Å²) in [6.07, 6.45) is -4.42. The number of nitrogens with one attached hydrogen (secondary N) is 1. The van der Waals surface area contributed by atoms with Crippen molar-refractivity contribution in [3.8, 4) is 0 Å². The summed E-state index contributed by atoms with van der Waals surface area (Å²) >= 11 is 0.